The van der Waals surface area contributed by atoms with E-state index in [1.807, 2.05) is 44.2 Å². The number of thioether (sulfide) groups is 1. The maximum Gasteiger partial charge on any atom is 0.227 e. The molecule has 0 fully saturated rings. The fourth-order valence-electron chi connectivity index (χ4n) is 4.19. The number of allylic oxidation sites excluding steroid dienone is 3. The average Bonchev–Trinajstić information content (AvgIpc) is 3.19. The Kier molecular flexibility index (Phi) is 5.79. The van der Waals surface area contributed by atoms with E-state index in [1.54, 1.807) is 4.90 Å². The molecule has 1 atom stereocenters. The molecule has 0 radical (unpaired) electrons. The molecule has 1 aromatic heterocycles. The van der Waals surface area contributed by atoms with Crippen LogP contribution in [0.25, 0.3) is 0 Å². The van der Waals surface area contributed by atoms with E-state index in [9.17, 15) is 14.9 Å². The highest BCUT2D eigenvalue weighted by Gasteiger charge is 2.45. The molecular weight excluding hydrogens is 444 g/mol. The number of hydrogen-bond acceptors (Lipinski definition) is 9. The molecule has 2 heterocycles. The van der Waals surface area contributed by atoms with Gasteiger partial charge in [-0.3, -0.25) is 14.5 Å². The number of rotatable bonds is 5. The Labute approximate surface area is 194 Å². The summed E-state index contributed by atoms with van der Waals surface area (Å²) < 4.78 is 0.554. The van der Waals surface area contributed by atoms with E-state index in [0.717, 1.165) is 11.3 Å². The second-order valence-electron chi connectivity index (χ2n) is 8.50. The molecule has 8 nitrogen and oxygen atoms in total. The van der Waals surface area contributed by atoms with Crippen molar-refractivity contribution in [1.82, 2.24) is 10.2 Å². The number of nitrogens with zero attached hydrogens (tertiary/aromatic N) is 4. The lowest BCUT2D eigenvalue weighted by atomic mass is 9.69. The minimum atomic E-state index is -0.521. The molecule has 1 aliphatic carbocycles. The first-order valence-corrected chi connectivity index (χ1v) is 11.8. The predicted molar refractivity (Wildman–Crippen MR) is 123 cm³/mol. The highest BCUT2D eigenvalue weighted by molar-refractivity contribution is 8.01. The van der Waals surface area contributed by atoms with Gasteiger partial charge >= 0.3 is 0 Å². The Balaban J connectivity index is 1.88. The van der Waals surface area contributed by atoms with Crippen molar-refractivity contribution in [2.24, 2.45) is 16.9 Å². The summed E-state index contributed by atoms with van der Waals surface area (Å²) in [6.07, 6.45) is 0.984. The number of carbonyl (C=O) groups is 2. The SMILES string of the molecule is CC1(C)CC(=O)C2=C(C1)N(c1nnc(SCC(N)=O)s1)C(N)=C(C#N)C2c1ccccc1. The van der Waals surface area contributed by atoms with E-state index in [4.69, 9.17) is 11.5 Å². The zero-order valence-corrected chi connectivity index (χ0v) is 19.3. The van der Waals surface area contributed by atoms with Crippen LogP contribution in [-0.4, -0.2) is 27.6 Å². The van der Waals surface area contributed by atoms with E-state index < -0.39 is 11.8 Å². The number of anilines is 1. The zero-order chi connectivity index (χ0) is 23.0. The molecule has 0 saturated carbocycles. The fraction of sp³-hybridized carbons (Fsp3) is 0.318. The van der Waals surface area contributed by atoms with Gasteiger partial charge in [-0.15, -0.1) is 10.2 Å². The van der Waals surface area contributed by atoms with Crippen molar-refractivity contribution >= 4 is 39.9 Å². The Bertz CT molecular complexity index is 1190. The van der Waals surface area contributed by atoms with Crippen molar-refractivity contribution < 1.29 is 9.59 Å². The molecule has 1 aromatic carbocycles. The Hall–Kier alpha value is -3.16. The highest BCUT2D eigenvalue weighted by atomic mass is 32.2. The second-order valence-corrected chi connectivity index (χ2v) is 10.7. The van der Waals surface area contributed by atoms with Crippen molar-refractivity contribution in [3.05, 3.63) is 58.6 Å². The second kappa shape index (κ2) is 8.41. The van der Waals surface area contributed by atoms with Gasteiger partial charge in [-0.1, -0.05) is 67.3 Å². The first-order chi connectivity index (χ1) is 15.2. The molecule has 0 bridgehead atoms. The molecule has 2 aromatic rings. The minimum Gasteiger partial charge on any atom is -0.384 e. The third-order valence-electron chi connectivity index (χ3n) is 5.44. The summed E-state index contributed by atoms with van der Waals surface area (Å²) in [6, 6.07) is 11.7. The van der Waals surface area contributed by atoms with Gasteiger partial charge in [-0.25, -0.2) is 0 Å². The van der Waals surface area contributed by atoms with Crippen molar-refractivity contribution in [1.29, 1.82) is 5.26 Å². The number of hydrogen-bond donors (Lipinski definition) is 2. The Morgan fingerprint density at radius 3 is 2.69 bits per heavy atom. The van der Waals surface area contributed by atoms with Crippen LogP contribution in [0.5, 0.6) is 0 Å². The number of Topliss-reactive ketones (excluding diaryl/α,β-unsaturated/α-hetero) is 1. The van der Waals surface area contributed by atoms with Gasteiger partial charge in [0, 0.05) is 17.7 Å². The summed E-state index contributed by atoms with van der Waals surface area (Å²) in [5, 5.41) is 18.9. The number of amides is 1. The smallest absolute Gasteiger partial charge is 0.227 e. The third-order valence-corrected chi connectivity index (χ3v) is 7.50. The van der Waals surface area contributed by atoms with Crippen LogP contribution in [0.15, 0.2) is 57.3 Å². The van der Waals surface area contributed by atoms with Crippen molar-refractivity contribution in [2.45, 2.75) is 36.9 Å². The molecule has 2 aliphatic rings. The summed E-state index contributed by atoms with van der Waals surface area (Å²) >= 11 is 2.43. The lowest BCUT2D eigenvalue weighted by molar-refractivity contribution is -0.118. The van der Waals surface area contributed by atoms with Gasteiger partial charge < -0.3 is 11.5 Å². The lowest BCUT2D eigenvalue weighted by Crippen LogP contribution is -2.42. The van der Waals surface area contributed by atoms with Crippen LogP contribution in [0.2, 0.25) is 0 Å². The standard InChI is InChI=1S/C22H22N6O2S2/c1-22(2)8-14-18(15(29)9-22)17(12-6-4-3-5-7-12)13(10-23)19(25)28(14)20-26-27-21(32-20)31-11-16(24)30/h3-7,17H,8-9,11,25H2,1-2H3,(H2,24,30). The number of carbonyl (C=O) groups excluding carboxylic acids is 2. The number of nitrogens with two attached hydrogens (primary N) is 2. The van der Waals surface area contributed by atoms with E-state index in [0.29, 0.717) is 33.5 Å². The van der Waals surface area contributed by atoms with E-state index in [2.05, 4.69) is 16.3 Å². The third kappa shape index (κ3) is 4.01. The Morgan fingerprint density at radius 2 is 2.03 bits per heavy atom. The molecule has 4 N–H and O–H groups in total. The van der Waals surface area contributed by atoms with Crippen LogP contribution in [0.1, 0.15) is 38.2 Å². The highest BCUT2D eigenvalue weighted by Crippen LogP contribution is 2.50. The molecular formula is C22H22N6O2S2. The largest absolute Gasteiger partial charge is 0.384 e. The van der Waals surface area contributed by atoms with Gasteiger partial charge in [0.15, 0.2) is 10.1 Å². The lowest BCUT2D eigenvalue weighted by Gasteiger charge is -2.42. The van der Waals surface area contributed by atoms with E-state index >= 15 is 0 Å². The van der Waals surface area contributed by atoms with Crippen LogP contribution in [-0.2, 0) is 9.59 Å². The summed E-state index contributed by atoms with van der Waals surface area (Å²) in [5.74, 6) is -0.644. The van der Waals surface area contributed by atoms with Gasteiger partial charge in [0.25, 0.3) is 0 Å². The quantitative estimate of drug-likeness (QED) is 0.641. The topological polar surface area (TPSA) is 139 Å². The van der Waals surface area contributed by atoms with Gasteiger partial charge in [0.1, 0.15) is 5.82 Å². The first-order valence-electron chi connectivity index (χ1n) is 9.97. The molecule has 1 unspecified atom stereocenters. The molecule has 1 amide bonds. The zero-order valence-electron chi connectivity index (χ0n) is 17.7. The summed E-state index contributed by atoms with van der Waals surface area (Å²) in [7, 11) is 0. The maximum atomic E-state index is 13.4. The van der Waals surface area contributed by atoms with Crippen molar-refractivity contribution in [2.75, 3.05) is 10.7 Å². The van der Waals surface area contributed by atoms with Crippen molar-refractivity contribution in [3.63, 3.8) is 0 Å². The molecule has 4 rings (SSSR count). The van der Waals surface area contributed by atoms with Crippen LogP contribution in [0, 0.1) is 16.7 Å². The molecule has 1 aliphatic heterocycles. The number of benzene rings is 1. The number of nitriles is 1. The monoisotopic (exact) mass is 466 g/mol. The minimum absolute atomic E-state index is 0.00296. The van der Waals surface area contributed by atoms with E-state index in [1.165, 1.54) is 23.1 Å². The molecule has 10 heteroatoms. The fourth-order valence-corrected chi connectivity index (χ4v) is 5.81. The van der Waals surface area contributed by atoms with Gasteiger partial charge in [-0.2, -0.15) is 5.26 Å². The molecule has 164 valence electrons. The first kappa shape index (κ1) is 22.0. The Morgan fingerprint density at radius 1 is 1.31 bits per heavy atom. The number of ketones is 1. The summed E-state index contributed by atoms with van der Waals surface area (Å²) in [5.41, 5.74) is 14.0. The van der Waals surface area contributed by atoms with Gasteiger partial charge in [-0.05, 0) is 17.4 Å². The summed E-state index contributed by atoms with van der Waals surface area (Å²) in [6.45, 7) is 4.08. The van der Waals surface area contributed by atoms with Gasteiger partial charge in [0.05, 0.1) is 23.3 Å². The van der Waals surface area contributed by atoms with E-state index in [-0.39, 0.29) is 22.8 Å². The van der Waals surface area contributed by atoms with Crippen LogP contribution < -0.4 is 16.4 Å². The van der Waals surface area contributed by atoms with Crippen LogP contribution in [0.3, 0.4) is 0 Å². The molecule has 0 saturated heterocycles. The number of aromatic nitrogens is 2. The van der Waals surface area contributed by atoms with Crippen LogP contribution >= 0.6 is 23.1 Å². The van der Waals surface area contributed by atoms with Gasteiger partial charge in [0.2, 0.25) is 11.0 Å². The van der Waals surface area contributed by atoms with Crippen molar-refractivity contribution in [3.8, 4) is 6.07 Å². The number of primary amides is 1. The van der Waals surface area contributed by atoms with Crippen LogP contribution in [0.4, 0.5) is 5.13 Å². The average molecular weight is 467 g/mol. The summed E-state index contributed by atoms with van der Waals surface area (Å²) in [4.78, 5) is 26.2. The molecule has 0 spiro atoms. The predicted octanol–water partition coefficient (Wildman–Crippen LogP) is 3.06. The normalized spacial score (nSPS) is 20.2. The maximum absolute atomic E-state index is 13.4. The molecule has 32 heavy (non-hydrogen) atoms.